The minimum Gasteiger partial charge on any atom is -0.459 e. The minimum absolute atomic E-state index is 0.147. The van der Waals surface area contributed by atoms with Gasteiger partial charge in [0, 0.05) is 0 Å². The van der Waals surface area contributed by atoms with E-state index >= 15 is 0 Å². The van der Waals surface area contributed by atoms with Crippen LogP contribution in [0.1, 0.15) is 47.2 Å². The van der Waals surface area contributed by atoms with Crippen molar-refractivity contribution in [3.05, 3.63) is 34.9 Å². The lowest BCUT2D eigenvalue weighted by Crippen LogP contribution is -2.14. The summed E-state index contributed by atoms with van der Waals surface area (Å²) in [4.78, 5) is 11.9. The van der Waals surface area contributed by atoms with Crippen molar-refractivity contribution in [2.24, 2.45) is 0 Å². The summed E-state index contributed by atoms with van der Waals surface area (Å²) in [5, 5.41) is 0. The fourth-order valence-corrected chi connectivity index (χ4v) is 2.32. The van der Waals surface area contributed by atoms with Gasteiger partial charge in [-0.3, -0.25) is 0 Å². The third-order valence-electron chi connectivity index (χ3n) is 3.03. The van der Waals surface area contributed by atoms with Crippen LogP contribution in [0.2, 0.25) is 0 Å². The van der Waals surface area contributed by atoms with E-state index in [0.29, 0.717) is 5.56 Å². The van der Waals surface area contributed by atoms with E-state index in [4.69, 9.17) is 4.74 Å². The SMILES string of the molecule is Cc1cc(C)cc(C(=O)OC2CCCC2)c1. The second-order valence-corrected chi connectivity index (χ2v) is 4.69. The molecule has 1 fully saturated rings. The van der Waals surface area contributed by atoms with Gasteiger partial charge in [-0.15, -0.1) is 0 Å². The van der Waals surface area contributed by atoms with Crippen LogP contribution in [-0.4, -0.2) is 12.1 Å². The Balaban J connectivity index is 2.07. The van der Waals surface area contributed by atoms with E-state index in [1.807, 2.05) is 26.0 Å². The molecule has 0 unspecified atom stereocenters. The van der Waals surface area contributed by atoms with Crippen LogP contribution in [0, 0.1) is 13.8 Å². The summed E-state index contributed by atoms with van der Waals surface area (Å²) in [6.45, 7) is 4.00. The molecule has 0 aliphatic heterocycles. The quantitative estimate of drug-likeness (QED) is 0.711. The Morgan fingerprint density at radius 3 is 2.25 bits per heavy atom. The van der Waals surface area contributed by atoms with Gasteiger partial charge in [0.25, 0.3) is 0 Å². The van der Waals surface area contributed by atoms with Crippen molar-refractivity contribution in [3.63, 3.8) is 0 Å². The largest absolute Gasteiger partial charge is 0.459 e. The molecule has 2 heteroatoms. The van der Waals surface area contributed by atoms with Gasteiger partial charge in [0.05, 0.1) is 5.56 Å². The number of rotatable bonds is 2. The van der Waals surface area contributed by atoms with Gasteiger partial charge in [0.2, 0.25) is 0 Å². The zero-order chi connectivity index (χ0) is 11.5. The Hall–Kier alpha value is -1.31. The van der Waals surface area contributed by atoms with E-state index in [2.05, 4.69) is 6.07 Å². The molecule has 0 atom stereocenters. The lowest BCUT2D eigenvalue weighted by Gasteiger charge is -2.11. The molecule has 1 aromatic rings. The van der Waals surface area contributed by atoms with Crippen molar-refractivity contribution in [2.45, 2.75) is 45.6 Å². The maximum atomic E-state index is 11.9. The first-order chi connectivity index (χ1) is 7.65. The third-order valence-corrected chi connectivity index (χ3v) is 3.03. The summed E-state index contributed by atoms with van der Waals surface area (Å²) in [5.41, 5.74) is 2.90. The summed E-state index contributed by atoms with van der Waals surface area (Å²) < 4.78 is 5.47. The summed E-state index contributed by atoms with van der Waals surface area (Å²) in [7, 11) is 0. The summed E-state index contributed by atoms with van der Waals surface area (Å²) in [6, 6.07) is 5.85. The molecule has 1 aromatic carbocycles. The van der Waals surface area contributed by atoms with Crippen LogP contribution in [0.25, 0.3) is 0 Å². The van der Waals surface area contributed by atoms with Crippen molar-refractivity contribution >= 4 is 5.97 Å². The molecule has 1 aliphatic carbocycles. The Bertz CT molecular complexity index is 369. The van der Waals surface area contributed by atoms with Crippen molar-refractivity contribution in [3.8, 4) is 0 Å². The topological polar surface area (TPSA) is 26.3 Å². The first kappa shape index (κ1) is 11.2. The normalized spacial score (nSPS) is 16.4. The van der Waals surface area contributed by atoms with Crippen LogP contribution >= 0.6 is 0 Å². The summed E-state index contributed by atoms with van der Waals surface area (Å²) in [5.74, 6) is -0.168. The van der Waals surface area contributed by atoms with Crippen LogP contribution < -0.4 is 0 Å². The highest BCUT2D eigenvalue weighted by Crippen LogP contribution is 2.22. The van der Waals surface area contributed by atoms with Gasteiger partial charge < -0.3 is 4.74 Å². The van der Waals surface area contributed by atoms with Crippen molar-refractivity contribution < 1.29 is 9.53 Å². The van der Waals surface area contributed by atoms with Gasteiger partial charge >= 0.3 is 5.97 Å². The molecule has 0 radical (unpaired) electrons. The van der Waals surface area contributed by atoms with Crippen LogP contribution in [0.4, 0.5) is 0 Å². The van der Waals surface area contributed by atoms with Crippen molar-refractivity contribution in [2.75, 3.05) is 0 Å². The molecule has 0 saturated heterocycles. The number of esters is 1. The Kier molecular flexibility index (Phi) is 3.28. The first-order valence-corrected chi connectivity index (χ1v) is 5.94. The molecular formula is C14H18O2. The van der Waals surface area contributed by atoms with E-state index in [1.54, 1.807) is 0 Å². The van der Waals surface area contributed by atoms with E-state index in [1.165, 1.54) is 12.8 Å². The molecule has 16 heavy (non-hydrogen) atoms. The Labute approximate surface area is 96.6 Å². The van der Waals surface area contributed by atoms with Crippen molar-refractivity contribution in [1.82, 2.24) is 0 Å². The molecule has 0 heterocycles. The second-order valence-electron chi connectivity index (χ2n) is 4.69. The highest BCUT2D eigenvalue weighted by molar-refractivity contribution is 5.90. The Morgan fingerprint density at radius 1 is 1.12 bits per heavy atom. The van der Waals surface area contributed by atoms with Gasteiger partial charge in [-0.25, -0.2) is 4.79 Å². The average Bonchev–Trinajstić information content (AvgIpc) is 2.68. The van der Waals surface area contributed by atoms with Gasteiger partial charge in [0.15, 0.2) is 0 Å². The molecule has 0 spiro atoms. The number of hydrogen-bond donors (Lipinski definition) is 0. The number of aryl methyl sites for hydroxylation is 2. The fraction of sp³-hybridized carbons (Fsp3) is 0.500. The first-order valence-electron chi connectivity index (χ1n) is 5.94. The molecule has 2 rings (SSSR count). The second kappa shape index (κ2) is 4.69. The smallest absolute Gasteiger partial charge is 0.338 e. The number of hydrogen-bond acceptors (Lipinski definition) is 2. The molecule has 0 N–H and O–H groups in total. The highest BCUT2D eigenvalue weighted by Gasteiger charge is 2.20. The molecule has 0 bridgehead atoms. The minimum atomic E-state index is -0.168. The lowest BCUT2D eigenvalue weighted by molar-refractivity contribution is 0.0317. The van der Waals surface area contributed by atoms with Gasteiger partial charge in [-0.2, -0.15) is 0 Å². The van der Waals surface area contributed by atoms with Gasteiger partial charge in [-0.1, -0.05) is 17.2 Å². The zero-order valence-electron chi connectivity index (χ0n) is 9.95. The third kappa shape index (κ3) is 2.63. The molecule has 86 valence electrons. The molecular weight excluding hydrogens is 200 g/mol. The van der Waals surface area contributed by atoms with E-state index in [9.17, 15) is 4.79 Å². The zero-order valence-corrected chi connectivity index (χ0v) is 9.95. The number of carbonyl (C=O) groups is 1. The maximum Gasteiger partial charge on any atom is 0.338 e. The van der Waals surface area contributed by atoms with Gasteiger partial charge in [0.1, 0.15) is 6.10 Å². The molecule has 1 aliphatic rings. The predicted molar refractivity (Wildman–Crippen MR) is 63.6 cm³/mol. The highest BCUT2D eigenvalue weighted by atomic mass is 16.5. The number of benzene rings is 1. The van der Waals surface area contributed by atoms with E-state index in [-0.39, 0.29) is 12.1 Å². The summed E-state index contributed by atoms with van der Waals surface area (Å²) in [6.07, 6.45) is 4.57. The van der Waals surface area contributed by atoms with Crippen LogP contribution in [0.15, 0.2) is 18.2 Å². The summed E-state index contributed by atoms with van der Waals surface area (Å²) >= 11 is 0. The standard InChI is InChI=1S/C14H18O2/c1-10-7-11(2)9-12(8-10)14(15)16-13-5-3-4-6-13/h7-9,13H,3-6H2,1-2H3. The maximum absolute atomic E-state index is 11.9. The van der Waals surface area contributed by atoms with Crippen LogP contribution in [0.3, 0.4) is 0 Å². The van der Waals surface area contributed by atoms with Crippen LogP contribution in [0.5, 0.6) is 0 Å². The molecule has 0 amide bonds. The lowest BCUT2D eigenvalue weighted by atomic mass is 10.1. The van der Waals surface area contributed by atoms with Gasteiger partial charge in [-0.05, 0) is 51.7 Å². The van der Waals surface area contributed by atoms with Crippen molar-refractivity contribution in [1.29, 1.82) is 0 Å². The molecule has 0 aromatic heterocycles. The van der Waals surface area contributed by atoms with E-state index in [0.717, 1.165) is 24.0 Å². The average molecular weight is 218 g/mol. The molecule has 2 nitrogen and oxygen atoms in total. The number of carbonyl (C=O) groups excluding carboxylic acids is 1. The predicted octanol–water partition coefficient (Wildman–Crippen LogP) is 3.40. The van der Waals surface area contributed by atoms with Crippen LogP contribution in [-0.2, 0) is 4.74 Å². The van der Waals surface area contributed by atoms with E-state index < -0.39 is 0 Å². The number of ether oxygens (including phenoxy) is 1. The Morgan fingerprint density at radius 2 is 1.69 bits per heavy atom. The fourth-order valence-electron chi connectivity index (χ4n) is 2.32. The molecule has 1 saturated carbocycles. The monoisotopic (exact) mass is 218 g/mol.